The first-order valence-electron chi connectivity index (χ1n) is 7.59. The molecule has 24 heavy (non-hydrogen) atoms. The number of aromatic nitrogens is 2. The van der Waals surface area contributed by atoms with Crippen molar-refractivity contribution in [2.75, 3.05) is 7.11 Å². The summed E-state index contributed by atoms with van der Waals surface area (Å²) in [6, 6.07) is -0.720. The van der Waals surface area contributed by atoms with E-state index in [1.54, 1.807) is 14.0 Å². The van der Waals surface area contributed by atoms with Gasteiger partial charge in [-0.2, -0.15) is 0 Å². The highest BCUT2D eigenvalue weighted by atomic mass is 32.1. The molecule has 1 atom stereocenters. The van der Waals surface area contributed by atoms with Gasteiger partial charge in [-0.1, -0.05) is 13.8 Å². The van der Waals surface area contributed by atoms with E-state index in [2.05, 4.69) is 10.3 Å². The van der Waals surface area contributed by atoms with Crippen molar-refractivity contribution in [1.82, 2.24) is 14.9 Å². The lowest BCUT2D eigenvalue weighted by Gasteiger charge is -2.18. The van der Waals surface area contributed by atoms with E-state index >= 15 is 0 Å². The van der Waals surface area contributed by atoms with E-state index < -0.39 is 17.9 Å². The predicted molar refractivity (Wildman–Crippen MR) is 92.3 cm³/mol. The third kappa shape index (κ3) is 3.48. The van der Waals surface area contributed by atoms with Crippen LogP contribution in [-0.4, -0.2) is 34.6 Å². The number of hydrogen-bond donors (Lipinski definition) is 1. The van der Waals surface area contributed by atoms with Crippen LogP contribution in [-0.2, 0) is 16.6 Å². The van der Waals surface area contributed by atoms with E-state index in [4.69, 9.17) is 4.74 Å². The topological polar surface area (TPSA) is 90.3 Å². The van der Waals surface area contributed by atoms with Gasteiger partial charge in [0, 0.05) is 7.05 Å². The van der Waals surface area contributed by atoms with Gasteiger partial charge in [-0.3, -0.25) is 9.59 Å². The molecule has 0 aliphatic heterocycles. The molecule has 1 amide bonds. The SMILES string of the molecule is COC(=O)[C@H](CC(C)C)NC(=O)c1sc2ncn(C)c(=O)c2c1C. The fourth-order valence-corrected chi connectivity index (χ4v) is 3.52. The molecule has 0 unspecified atom stereocenters. The fraction of sp³-hybridized carbons (Fsp3) is 0.500. The Morgan fingerprint density at radius 3 is 2.67 bits per heavy atom. The molecule has 0 aromatic carbocycles. The molecule has 0 radical (unpaired) electrons. The molecular formula is C16H21N3O4S. The number of nitrogens with one attached hydrogen (secondary N) is 1. The standard InChI is InChI=1S/C16H21N3O4S/c1-8(2)6-10(16(22)23-5)18-13(20)12-9(3)11-14(24-12)17-7-19(4)15(11)21/h7-8,10H,6H2,1-5H3,(H,18,20)/t10-/m0/s1. The molecule has 0 saturated carbocycles. The highest BCUT2D eigenvalue weighted by Gasteiger charge is 2.26. The summed E-state index contributed by atoms with van der Waals surface area (Å²) in [5, 5.41) is 3.15. The summed E-state index contributed by atoms with van der Waals surface area (Å²) < 4.78 is 6.13. The molecule has 0 fully saturated rings. The first-order chi connectivity index (χ1) is 11.3. The highest BCUT2D eigenvalue weighted by molar-refractivity contribution is 7.20. The summed E-state index contributed by atoms with van der Waals surface area (Å²) in [6.45, 7) is 5.63. The molecule has 2 heterocycles. The Balaban J connectivity index is 2.37. The van der Waals surface area contributed by atoms with Gasteiger partial charge in [0.05, 0.1) is 23.7 Å². The van der Waals surface area contributed by atoms with Crippen molar-refractivity contribution in [3.63, 3.8) is 0 Å². The average molecular weight is 351 g/mol. The zero-order chi connectivity index (χ0) is 18.0. The Bertz CT molecular complexity index is 838. The van der Waals surface area contributed by atoms with Crippen molar-refractivity contribution in [3.8, 4) is 0 Å². The lowest BCUT2D eigenvalue weighted by Crippen LogP contribution is -2.42. The highest BCUT2D eigenvalue weighted by Crippen LogP contribution is 2.26. The van der Waals surface area contributed by atoms with Crippen LogP contribution >= 0.6 is 11.3 Å². The Morgan fingerprint density at radius 2 is 2.08 bits per heavy atom. The fourth-order valence-electron chi connectivity index (χ4n) is 2.48. The van der Waals surface area contributed by atoms with Crippen LogP contribution in [0.1, 0.15) is 35.5 Å². The summed E-state index contributed by atoms with van der Waals surface area (Å²) in [6.07, 6.45) is 1.90. The second-order valence-corrected chi connectivity index (χ2v) is 7.07. The van der Waals surface area contributed by atoms with Crippen molar-refractivity contribution in [2.45, 2.75) is 33.2 Å². The number of hydrogen-bond acceptors (Lipinski definition) is 6. The second kappa shape index (κ2) is 7.12. The molecule has 130 valence electrons. The minimum atomic E-state index is -0.720. The number of methoxy groups -OCH3 is 1. The third-order valence-corrected chi connectivity index (χ3v) is 4.91. The average Bonchev–Trinajstić information content (AvgIpc) is 2.86. The van der Waals surface area contributed by atoms with Crippen molar-refractivity contribution < 1.29 is 14.3 Å². The van der Waals surface area contributed by atoms with E-state index in [1.165, 1.54) is 18.0 Å². The summed E-state index contributed by atoms with van der Waals surface area (Å²) in [7, 11) is 2.90. The monoisotopic (exact) mass is 351 g/mol. The molecule has 0 aliphatic carbocycles. The Hall–Kier alpha value is -2.22. The number of aryl methyl sites for hydroxylation is 2. The number of carbonyl (C=O) groups excluding carboxylic acids is 2. The summed E-state index contributed by atoms with van der Waals surface area (Å²) >= 11 is 1.15. The van der Waals surface area contributed by atoms with E-state index in [0.717, 1.165) is 11.3 Å². The molecule has 8 heteroatoms. The second-order valence-electron chi connectivity index (χ2n) is 6.08. The normalized spacial score (nSPS) is 12.4. The predicted octanol–water partition coefficient (Wildman–Crippen LogP) is 1.62. The molecule has 0 spiro atoms. The smallest absolute Gasteiger partial charge is 0.328 e. The van der Waals surface area contributed by atoms with Gasteiger partial charge in [0.2, 0.25) is 0 Å². The molecular weight excluding hydrogens is 330 g/mol. The largest absolute Gasteiger partial charge is 0.467 e. The van der Waals surface area contributed by atoms with E-state index in [9.17, 15) is 14.4 Å². The molecule has 2 aromatic heterocycles. The molecule has 1 N–H and O–H groups in total. The molecule has 0 bridgehead atoms. The van der Waals surface area contributed by atoms with Crippen LogP contribution in [0.25, 0.3) is 10.2 Å². The van der Waals surface area contributed by atoms with Gasteiger partial charge in [-0.25, -0.2) is 9.78 Å². The van der Waals surface area contributed by atoms with Gasteiger partial charge in [-0.05, 0) is 24.8 Å². The van der Waals surface area contributed by atoms with E-state index in [0.29, 0.717) is 27.1 Å². The molecule has 2 aromatic rings. The Kier molecular flexibility index (Phi) is 5.38. The minimum absolute atomic E-state index is 0.195. The zero-order valence-corrected chi connectivity index (χ0v) is 15.2. The molecule has 2 rings (SSSR count). The van der Waals surface area contributed by atoms with Crippen molar-refractivity contribution in [1.29, 1.82) is 0 Å². The molecule has 0 aliphatic rings. The minimum Gasteiger partial charge on any atom is -0.467 e. The number of carbonyl (C=O) groups is 2. The number of fused-ring (bicyclic) bond motifs is 1. The van der Waals surface area contributed by atoms with Crippen LogP contribution in [0.4, 0.5) is 0 Å². The number of rotatable bonds is 5. The van der Waals surface area contributed by atoms with Gasteiger partial charge in [0.1, 0.15) is 10.9 Å². The summed E-state index contributed by atoms with van der Waals surface area (Å²) in [5.41, 5.74) is 0.383. The first kappa shape index (κ1) is 18.1. The van der Waals surface area contributed by atoms with Crippen LogP contribution in [0.5, 0.6) is 0 Å². The van der Waals surface area contributed by atoms with Gasteiger partial charge in [0.25, 0.3) is 11.5 Å². The summed E-state index contributed by atoms with van der Waals surface area (Å²) in [4.78, 5) is 41.8. The maximum absolute atomic E-state index is 12.6. The van der Waals surface area contributed by atoms with Crippen LogP contribution < -0.4 is 10.9 Å². The van der Waals surface area contributed by atoms with Crippen LogP contribution in [0, 0.1) is 12.8 Å². The quantitative estimate of drug-likeness (QED) is 0.827. The Labute approximate surface area is 143 Å². The van der Waals surface area contributed by atoms with Crippen molar-refractivity contribution in [3.05, 3.63) is 27.1 Å². The van der Waals surface area contributed by atoms with Gasteiger partial charge in [-0.15, -0.1) is 11.3 Å². The van der Waals surface area contributed by atoms with E-state index in [-0.39, 0.29) is 11.5 Å². The lowest BCUT2D eigenvalue weighted by atomic mass is 10.0. The number of thiophene rings is 1. The number of nitrogens with zero attached hydrogens (tertiary/aromatic N) is 2. The van der Waals surface area contributed by atoms with Gasteiger partial charge >= 0.3 is 5.97 Å². The third-order valence-electron chi connectivity index (χ3n) is 3.71. The van der Waals surface area contributed by atoms with Gasteiger partial charge in [0.15, 0.2) is 0 Å². The van der Waals surface area contributed by atoms with Crippen molar-refractivity contribution in [2.24, 2.45) is 13.0 Å². The Morgan fingerprint density at radius 1 is 1.42 bits per heavy atom. The zero-order valence-electron chi connectivity index (χ0n) is 14.4. The maximum Gasteiger partial charge on any atom is 0.328 e. The molecule has 7 nitrogen and oxygen atoms in total. The van der Waals surface area contributed by atoms with Crippen LogP contribution in [0.2, 0.25) is 0 Å². The molecule has 0 saturated heterocycles. The number of esters is 1. The number of ether oxygens (including phenoxy) is 1. The van der Waals surface area contributed by atoms with Gasteiger partial charge < -0.3 is 14.6 Å². The number of amides is 1. The summed E-state index contributed by atoms with van der Waals surface area (Å²) in [5.74, 6) is -0.662. The van der Waals surface area contributed by atoms with Crippen LogP contribution in [0.3, 0.4) is 0 Å². The van der Waals surface area contributed by atoms with Crippen LogP contribution in [0.15, 0.2) is 11.1 Å². The maximum atomic E-state index is 12.6. The van der Waals surface area contributed by atoms with E-state index in [1.807, 2.05) is 13.8 Å². The first-order valence-corrected chi connectivity index (χ1v) is 8.41. The van der Waals surface area contributed by atoms with Crippen molar-refractivity contribution >= 4 is 33.4 Å². The lowest BCUT2D eigenvalue weighted by molar-refractivity contribution is -0.143.